The highest BCUT2D eigenvalue weighted by Gasteiger charge is 2.18. The van der Waals surface area contributed by atoms with E-state index in [0.717, 1.165) is 6.54 Å². The Kier molecular flexibility index (Phi) is 4.70. The van der Waals surface area contributed by atoms with Gasteiger partial charge in [0, 0.05) is 19.2 Å². The van der Waals surface area contributed by atoms with E-state index in [9.17, 15) is 9.18 Å². The quantitative estimate of drug-likeness (QED) is 0.860. The van der Waals surface area contributed by atoms with Gasteiger partial charge in [0.15, 0.2) is 0 Å². The number of morpholine rings is 1. The van der Waals surface area contributed by atoms with Crippen LogP contribution in [0.4, 0.5) is 10.1 Å². The fourth-order valence-corrected chi connectivity index (χ4v) is 1.94. The summed E-state index contributed by atoms with van der Waals surface area (Å²) in [6.45, 7) is 2.05. The molecule has 1 aromatic rings. The zero-order valence-electron chi connectivity index (χ0n) is 10.7. The molecule has 104 valence electrons. The molecule has 19 heavy (non-hydrogen) atoms. The van der Waals surface area contributed by atoms with Gasteiger partial charge < -0.3 is 20.1 Å². The molecule has 5 nitrogen and oxygen atoms in total. The molecule has 1 unspecified atom stereocenters. The van der Waals surface area contributed by atoms with E-state index < -0.39 is 5.82 Å². The molecule has 0 saturated carbocycles. The van der Waals surface area contributed by atoms with E-state index in [1.54, 1.807) is 0 Å². The normalized spacial score (nSPS) is 18.9. The van der Waals surface area contributed by atoms with Crippen LogP contribution in [0.2, 0.25) is 0 Å². The van der Waals surface area contributed by atoms with Crippen molar-refractivity contribution in [1.82, 2.24) is 5.32 Å². The van der Waals surface area contributed by atoms with Gasteiger partial charge in [-0.25, -0.2) is 4.39 Å². The molecule has 6 heteroatoms. The van der Waals surface area contributed by atoms with Crippen molar-refractivity contribution in [3.63, 3.8) is 0 Å². The summed E-state index contributed by atoms with van der Waals surface area (Å²) in [6.07, 6.45) is 0.0837. The Balaban J connectivity index is 1.95. The lowest BCUT2D eigenvalue weighted by Crippen LogP contribution is -2.40. The predicted molar refractivity (Wildman–Crippen MR) is 68.8 cm³/mol. The molecule has 2 N–H and O–H groups in total. The second kappa shape index (κ2) is 6.49. The highest BCUT2D eigenvalue weighted by molar-refractivity contribution is 5.92. The molecule has 1 aromatic carbocycles. The third-order valence-corrected chi connectivity index (χ3v) is 2.85. The van der Waals surface area contributed by atoms with Crippen LogP contribution in [0, 0.1) is 5.82 Å². The van der Waals surface area contributed by atoms with Gasteiger partial charge in [0.05, 0.1) is 31.9 Å². The highest BCUT2D eigenvalue weighted by Crippen LogP contribution is 2.25. The summed E-state index contributed by atoms with van der Waals surface area (Å²) in [5, 5.41) is 5.78. The molecule has 0 radical (unpaired) electrons. The van der Waals surface area contributed by atoms with Crippen molar-refractivity contribution in [2.75, 3.05) is 32.1 Å². The van der Waals surface area contributed by atoms with Gasteiger partial charge in [-0.1, -0.05) is 0 Å². The maximum Gasteiger partial charge on any atom is 0.227 e. The molecule has 1 aliphatic rings. The molecule has 0 spiro atoms. The van der Waals surface area contributed by atoms with Crippen LogP contribution in [0.5, 0.6) is 5.75 Å². The number of carbonyl (C=O) groups is 1. The van der Waals surface area contributed by atoms with E-state index in [1.807, 2.05) is 0 Å². The molecule has 0 aromatic heterocycles. The molecule has 1 saturated heterocycles. The molecule has 1 heterocycles. The van der Waals surface area contributed by atoms with E-state index in [1.165, 1.54) is 25.3 Å². The van der Waals surface area contributed by atoms with Crippen LogP contribution in [-0.2, 0) is 9.53 Å². The Morgan fingerprint density at radius 2 is 2.47 bits per heavy atom. The van der Waals surface area contributed by atoms with Crippen molar-refractivity contribution in [2.45, 2.75) is 12.5 Å². The number of carbonyl (C=O) groups excluding carboxylic acids is 1. The Morgan fingerprint density at radius 3 is 3.16 bits per heavy atom. The van der Waals surface area contributed by atoms with Gasteiger partial charge in [0.25, 0.3) is 0 Å². The fraction of sp³-hybridized carbons (Fsp3) is 0.462. The monoisotopic (exact) mass is 268 g/mol. The van der Waals surface area contributed by atoms with Crippen LogP contribution in [0.25, 0.3) is 0 Å². The summed E-state index contributed by atoms with van der Waals surface area (Å²) in [5.74, 6) is -0.221. The number of amides is 1. The average molecular weight is 268 g/mol. The second-order valence-corrected chi connectivity index (χ2v) is 4.29. The summed E-state index contributed by atoms with van der Waals surface area (Å²) < 4.78 is 23.7. The van der Waals surface area contributed by atoms with E-state index >= 15 is 0 Å². The summed E-state index contributed by atoms with van der Waals surface area (Å²) in [6, 6.07) is 3.99. The molecular formula is C13H17FN2O3. The lowest BCUT2D eigenvalue weighted by Gasteiger charge is -2.23. The van der Waals surface area contributed by atoms with Crippen LogP contribution >= 0.6 is 0 Å². The van der Waals surface area contributed by atoms with Crippen molar-refractivity contribution in [2.24, 2.45) is 0 Å². The number of hydrogen-bond acceptors (Lipinski definition) is 4. The minimum Gasteiger partial charge on any atom is -0.495 e. The van der Waals surface area contributed by atoms with Crippen LogP contribution in [0.3, 0.4) is 0 Å². The van der Waals surface area contributed by atoms with Gasteiger partial charge in [0.2, 0.25) is 5.91 Å². The number of halogens is 1. The van der Waals surface area contributed by atoms with E-state index in [2.05, 4.69) is 10.6 Å². The summed E-state index contributed by atoms with van der Waals surface area (Å²) in [7, 11) is 1.47. The minimum atomic E-state index is -0.424. The minimum absolute atomic E-state index is 0.145. The number of anilines is 1. The SMILES string of the molecule is COc1ccc(F)cc1NC(=O)CC1CNCCO1. The van der Waals surface area contributed by atoms with Gasteiger partial charge >= 0.3 is 0 Å². The van der Waals surface area contributed by atoms with Crippen LogP contribution in [0.15, 0.2) is 18.2 Å². The van der Waals surface area contributed by atoms with E-state index in [4.69, 9.17) is 9.47 Å². The zero-order valence-corrected chi connectivity index (χ0v) is 10.7. The zero-order chi connectivity index (χ0) is 13.7. The van der Waals surface area contributed by atoms with Crippen LogP contribution in [0.1, 0.15) is 6.42 Å². The van der Waals surface area contributed by atoms with Crippen LogP contribution < -0.4 is 15.4 Å². The summed E-state index contributed by atoms with van der Waals surface area (Å²) >= 11 is 0. The number of rotatable bonds is 4. The van der Waals surface area contributed by atoms with Gasteiger partial charge in [-0.2, -0.15) is 0 Å². The molecule has 2 rings (SSSR count). The predicted octanol–water partition coefficient (Wildman–Crippen LogP) is 1.15. The smallest absolute Gasteiger partial charge is 0.227 e. The van der Waals surface area contributed by atoms with Gasteiger partial charge in [-0.05, 0) is 12.1 Å². The fourth-order valence-electron chi connectivity index (χ4n) is 1.94. The average Bonchev–Trinajstić information content (AvgIpc) is 2.40. The third kappa shape index (κ3) is 3.90. The summed E-state index contributed by atoms with van der Waals surface area (Å²) in [5.41, 5.74) is 0.330. The number of hydrogen-bond donors (Lipinski definition) is 2. The molecule has 0 bridgehead atoms. The second-order valence-electron chi connectivity index (χ2n) is 4.29. The summed E-state index contributed by atoms with van der Waals surface area (Å²) in [4.78, 5) is 11.9. The van der Waals surface area contributed by atoms with Crippen molar-refractivity contribution in [3.8, 4) is 5.75 Å². The molecule has 0 aliphatic carbocycles. The maximum atomic E-state index is 13.2. The lowest BCUT2D eigenvalue weighted by molar-refractivity contribution is -0.119. The van der Waals surface area contributed by atoms with Gasteiger partial charge in [-0.3, -0.25) is 4.79 Å². The highest BCUT2D eigenvalue weighted by atomic mass is 19.1. The van der Waals surface area contributed by atoms with Gasteiger partial charge in [-0.15, -0.1) is 0 Å². The molecular weight excluding hydrogens is 251 g/mol. The Hall–Kier alpha value is -1.66. The Bertz CT molecular complexity index is 448. The van der Waals surface area contributed by atoms with E-state index in [0.29, 0.717) is 24.6 Å². The first-order chi connectivity index (χ1) is 9.19. The maximum absolute atomic E-state index is 13.2. The topological polar surface area (TPSA) is 59.6 Å². The lowest BCUT2D eigenvalue weighted by atomic mass is 10.2. The molecule has 1 aliphatic heterocycles. The molecule has 1 amide bonds. The van der Waals surface area contributed by atoms with Crippen molar-refractivity contribution < 1.29 is 18.7 Å². The van der Waals surface area contributed by atoms with Crippen LogP contribution in [-0.4, -0.2) is 38.8 Å². The molecule has 1 fully saturated rings. The van der Waals surface area contributed by atoms with Crippen molar-refractivity contribution in [3.05, 3.63) is 24.0 Å². The third-order valence-electron chi connectivity index (χ3n) is 2.85. The molecule has 1 atom stereocenters. The van der Waals surface area contributed by atoms with Crippen molar-refractivity contribution >= 4 is 11.6 Å². The van der Waals surface area contributed by atoms with Gasteiger partial charge in [0.1, 0.15) is 11.6 Å². The largest absolute Gasteiger partial charge is 0.495 e. The first-order valence-corrected chi connectivity index (χ1v) is 6.15. The standard InChI is InChI=1S/C13H17FN2O3/c1-18-12-3-2-9(14)6-11(12)16-13(17)7-10-8-15-4-5-19-10/h2-3,6,10,15H,4-5,7-8H2,1H3,(H,16,17). The number of nitrogens with one attached hydrogen (secondary N) is 2. The first-order valence-electron chi connectivity index (χ1n) is 6.15. The Labute approximate surface area is 111 Å². The number of benzene rings is 1. The van der Waals surface area contributed by atoms with Crippen molar-refractivity contribution in [1.29, 1.82) is 0 Å². The first kappa shape index (κ1) is 13.8. The number of ether oxygens (including phenoxy) is 2. The number of methoxy groups -OCH3 is 1. The van der Waals surface area contributed by atoms with E-state index in [-0.39, 0.29) is 18.4 Å². The Morgan fingerprint density at radius 1 is 1.63 bits per heavy atom.